The zero-order valence-electron chi connectivity index (χ0n) is 13.1. The van der Waals surface area contributed by atoms with Crippen LogP contribution in [0, 0.1) is 5.92 Å². The van der Waals surface area contributed by atoms with E-state index in [-0.39, 0.29) is 18.7 Å². The fraction of sp³-hybridized carbons (Fsp3) is 0.933. The summed E-state index contributed by atoms with van der Waals surface area (Å²) in [5, 5.41) is 15.3. The van der Waals surface area contributed by atoms with Crippen LogP contribution in [0.25, 0.3) is 0 Å². The number of carbonyl (C=O) groups excluding carboxylic acids is 1. The largest absolute Gasteiger partial charge is 0.394 e. The van der Waals surface area contributed by atoms with Crippen LogP contribution in [0.5, 0.6) is 0 Å². The third-order valence-electron chi connectivity index (χ3n) is 4.08. The Morgan fingerprint density at radius 3 is 2.50 bits per heavy atom. The van der Waals surface area contributed by atoms with E-state index in [1.807, 2.05) is 6.92 Å². The molecule has 0 aromatic carbocycles. The van der Waals surface area contributed by atoms with Gasteiger partial charge in [-0.2, -0.15) is 0 Å². The second kappa shape index (κ2) is 8.47. The van der Waals surface area contributed by atoms with E-state index in [1.54, 1.807) is 0 Å². The maximum absolute atomic E-state index is 11.9. The second-order valence-corrected chi connectivity index (χ2v) is 6.05. The minimum absolute atomic E-state index is 0.0218. The van der Waals surface area contributed by atoms with Crippen LogP contribution in [0.15, 0.2) is 0 Å². The van der Waals surface area contributed by atoms with Crippen LogP contribution < -0.4 is 10.6 Å². The third-order valence-corrected chi connectivity index (χ3v) is 4.08. The second-order valence-electron chi connectivity index (χ2n) is 6.05. The first-order chi connectivity index (χ1) is 9.53. The first-order valence-corrected chi connectivity index (χ1v) is 7.81. The van der Waals surface area contributed by atoms with Crippen molar-refractivity contribution in [2.45, 2.75) is 64.5 Å². The molecular weight excluding hydrogens is 256 g/mol. The molecule has 0 aromatic heterocycles. The number of hydrogen-bond donors (Lipinski definition) is 3. The van der Waals surface area contributed by atoms with Crippen molar-refractivity contribution in [3.8, 4) is 0 Å². The predicted molar refractivity (Wildman–Crippen MR) is 79.7 cm³/mol. The molecule has 0 bridgehead atoms. The summed E-state index contributed by atoms with van der Waals surface area (Å²) >= 11 is 0. The van der Waals surface area contributed by atoms with Gasteiger partial charge in [0.2, 0.25) is 0 Å². The zero-order valence-corrected chi connectivity index (χ0v) is 13.1. The number of carbonyl (C=O) groups is 1. The maximum atomic E-state index is 11.9. The van der Waals surface area contributed by atoms with E-state index in [0.717, 1.165) is 32.1 Å². The van der Waals surface area contributed by atoms with Crippen LogP contribution in [-0.2, 0) is 4.74 Å². The Kier molecular flexibility index (Phi) is 7.30. The summed E-state index contributed by atoms with van der Waals surface area (Å²) in [5.41, 5.74) is -0.401. The van der Waals surface area contributed by atoms with Crippen LogP contribution in [-0.4, -0.2) is 42.5 Å². The maximum Gasteiger partial charge on any atom is 0.315 e. The lowest BCUT2D eigenvalue weighted by Gasteiger charge is -2.28. The molecule has 118 valence electrons. The minimum Gasteiger partial charge on any atom is -0.394 e. The molecule has 1 unspecified atom stereocenters. The quantitative estimate of drug-likeness (QED) is 0.639. The molecule has 5 heteroatoms. The molecule has 1 aliphatic carbocycles. The number of rotatable bonds is 8. The Labute approximate surface area is 122 Å². The average molecular weight is 286 g/mol. The predicted octanol–water partition coefficient (Wildman–Crippen LogP) is 2.04. The van der Waals surface area contributed by atoms with Gasteiger partial charge in [0.25, 0.3) is 0 Å². The van der Waals surface area contributed by atoms with Gasteiger partial charge in [0, 0.05) is 13.2 Å². The summed E-state index contributed by atoms with van der Waals surface area (Å²) in [6.07, 6.45) is 4.86. The smallest absolute Gasteiger partial charge is 0.315 e. The molecule has 5 nitrogen and oxygen atoms in total. The van der Waals surface area contributed by atoms with E-state index in [9.17, 15) is 9.90 Å². The van der Waals surface area contributed by atoms with Crippen molar-refractivity contribution in [3.05, 3.63) is 0 Å². The van der Waals surface area contributed by atoms with E-state index in [2.05, 4.69) is 24.5 Å². The standard InChI is InChI=1S/C15H30N2O3/c1-4-20-13(12(2)3)7-10-16-14(19)17-15(11-18)8-5-6-9-15/h12-13,18H,4-11H2,1-3H3,(H2,16,17,19). The zero-order chi connectivity index (χ0) is 15.0. The van der Waals surface area contributed by atoms with Crippen LogP contribution >= 0.6 is 0 Å². The molecule has 1 rings (SSSR count). The van der Waals surface area contributed by atoms with Crippen LogP contribution in [0.3, 0.4) is 0 Å². The first kappa shape index (κ1) is 17.2. The summed E-state index contributed by atoms with van der Waals surface area (Å²) in [7, 11) is 0. The van der Waals surface area contributed by atoms with E-state index >= 15 is 0 Å². The number of urea groups is 1. The molecule has 1 fully saturated rings. The van der Waals surface area contributed by atoms with Gasteiger partial charge in [0.1, 0.15) is 0 Å². The molecule has 0 saturated heterocycles. The fourth-order valence-corrected chi connectivity index (χ4v) is 2.81. The number of ether oxygens (including phenoxy) is 1. The number of hydrogen-bond acceptors (Lipinski definition) is 3. The van der Waals surface area contributed by atoms with Crippen LogP contribution in [0.4, 0.5) is 4.79 Å². The number of nitrogens with one attached hydrogen (secondary N) is 2. The van der Waals surface area contributed by atoms with Gasteiger partial charge in [0.05, 0.1) is 18.2 Å². The van der Waals surface area contributed by atoms with Gasteiger partial charge < -0.3 is 20.5 Å². The molecule has 1 aliphatic rings. The topological polar surface area (TPSA) is 70.6 Å². The van der Waals surface area contributed by atoms with Crippen LogP contribution in [0.1, 0.15) is 52.9 Å². The highest BCUT2D eigenvalue weighted by molar-refractivity contribution is 5.74. The van der Waals surface area contributed by atoms with Gasteiger partial charge in [-0.15, -0.1) is 0 Å². The molecule has 1 atom stereocenters. The molecule has 20 heavy (non-hydrogen) atoms. The average Bonchev–Trinajstić information content (AvgIpc) is 2.86. The Morgan fingerprint density at radius 2 is 2.00 bits per heavy atom. The van der Waals surface area contributed by atoms with Gasteiger partial charge >= 0.3 is 6.03 Å². The SMILES string of the molecule is CCOC(CCNC(=O)NC1(CO)CCCC1)C(C)C. The lowest BCUT2D eigenvalue weighted by Crippen LogP contribution is -2.53. The lowest BCUT2D eigenvalue weighted by molar-refractivity contribution is 0.0255. The molecular formula is C15H30N2O3. The van der Waals surface area contributed by atoms with Crippen molar-refractivity contribution < 1.29 is 14.6 Å². The normalized spacial score (nSPS) is 19.1. The van der Waals surface area contributed by atoms with Crippen molar-refractivity contribution >= 4 is 6.03 Å². The molecule has 0 aliphatic heterocycles. The molecule has 0 radical (unpaired) electrons. The molecule has 2 amide bonds. The highest BCUT2D eigenvalue weighted by Crippen LogP contribution is 2.28. The van der Waals surface area contributed by atoms with Gasteiger partial charge in [-0.05, 0) is 32.1 Å². The Balaban J connectivity index is 2.28. The number of aliphatic hydroxyl groups excluding tert-OH is 1. The van der Waals surface area contributed by atoms with E-state index < -0.39 is 5.54 Å². The highest BCUT2D eigenvalue weighted by atomic mass is 16.5. The van der Waals surface area contributed by atoms with Crippen molar-refractivity contribution in [1.82, 2.24) is 10.6 Å². The Bertz CT molecular complexity index is 289. The van der Waals surface area contributed by atoms with E-state index in [0.29, 0.717) is 19.1 Å². The van der Waals surface area contributed by atoms with Crippen molar-refractivity contribution in [2.75, 3.05) is 19.8 Å². The Hall–Kier alpha value is -0.810. The van der Waals surface area contributed by atoms with Crippen LogP contribution in [0.2, 0.25) is 0 Å². The van der Waals surface area contributed by atoms with E-state index in [1.165, 1.54) is 0 Å². The number of amides is 2. The molecule has 0 aromatic rings. The monoisotopic (exact) mass is 286 g/mol. The minimum atomic E-state index is -0.401. The Morgan fingerprint density at radius 1 is 1.35 bits per heavy atom. The third kappa shape index (κ3) is 5.29. The summed E-state index contributed by atoms with van der Waals surface area (Å²) in [6, 6.07) is -0.181. The summed E-state index contributed by atoms with van der Waals surface area (Å²) < 4.78 is 5.65. The summed E-state index contributed by atoms with van der Waals surface area (Å²) in [5.74, 6) is 0.443. The molecule has 0 spiro atoms. The molecule has 3 N–H and O–H groups in total. The van der Waals surface area contributed by atoms with Crippen molar-refractivity contribution in [1.29, 1.82) is 0 Å². The summed E-state index contributed by atoms with van der Waals surface area (Å²) in [6.45, 7) is 7.55. The number of aliphatic hydroxyl groups is 1. The van der Waals surface area contributed by atoms with Gasteiger partial charge in [0.15, 0.2) is 0 Å². The lowest BCUT2D eigenvalue weighted by atomic mass is 9.99. The highest BCUT2D eigenvalue weighted by Gasteiger charge is 2.34. The summed E-state index contributed by atoms with van der Waals surface area (Å²) in [4.78, 5) is 11.9. The van der Waals surface area contributed by atoms with Gasteiger partial charge in [-0.25, -0.2) is 4.79 Å². The van der Waals surface area contributed by atoms with Gasteiger partial charge in [-0.3, -0.25) is 0 Å². The van der Waals surface area contributed by atoms with E-state index in [4.69, 9.17) is 4.74 Å². The molecule has 0 heterocycles. The van der Waals surface area contributed by atoms with Gasteiger partial charge in [-0.1, -0.05) is 26.7 Å². The first-order valence-electron chi connectivity index (χ1n) is 7.81. The van der Waals surface area contributed by atoms with Crippen molar-refractivity contribution in [2.24, 2.45) is 5.92 Å². The fourth-order valence-electron chi connectivity index (χ4n) is 2.81. The van der Waals surface area contributed by atoms with Crippen molar-refractivity contribution in [3.63, 3.8) is 0 Å². The molecule has 1 saturated carbocycles.